The van der Waals surface area contributed by atoms with Crippen molar-refractivity contribution in [2.24, 2.45) is 0 Å². The van der Waals surface area contributed by atoms with Gasteiger partial charge in [0.15, 0.2) is 0 Å². The van der Waals surface area contributed by atoms with Gasteiger partial charge in [-0.05, 0) is 209 Å². The van der Waals surface area contributed by atoms with E-state index >= 15 is 0 Å². The van der Waals surface area contributed by atoms with Crippen LogP contribution in [0.3, 0.4) is 0 Å². The van der Waals surface area contributed by atoms with Crippen LogP contribution in [0.4, 0.5) is 0 Å². The molecule has 8 rings (SSSR count). The molecule has 0 fully saturated rings. The predicted molar refractivity (Wildman–Crippen MR) is 335 cm³/mol. The van der Waals surface area contributed by atoms with Gasteiger partial charge in [-0.1, -0.05) is 63.6 Å². The van der Waals surface area contributed by atoms with Crippen molar-refractivity contribution in [2.45, 2.75) is 107 Å². The number of ether oxygens (including phenoxy) is 9. The van der Waals surface area contributed by atoms with Gasteiger partial charge in [-0.15, -0.1) is 0 Å². The number of fused-ring (bicyclic) bond motifs is 3. The molecule has 0 N–H and O–H groups in total. The molecule has 1 aromatic heterocycles. The summed E-state index contributed by atoms with van der Waals surface area (Å²) in [6, 6.07) is 43.7. The van der Waals surface area contributed by atoms with E-state index < -0.39 is 29.8 Å². The zero-order chi connectivity index (χ0) is 61.9. The van der Waals surface area contributed by atoms with E-state index in [2.05, 4.69) is 13.5 Å². The quantitative estimate of drug-likeness (QED) is 0.0121. The van der Waals surface area contributed by atoms with E-state index in [9.17, 15) is 28.8 Å². The maximum atomic E-state index is 13.8. The first-order valence-corrected chi connectivity index (χ1v) is 30.5. The number of esters is 6. The number of unbranched alkanes of at least 4 members (excludes halogenated alkanes) is 9. The summed E-state index contributed by atoms with van der Waals surface area (Å²) >= 11 is 1.39. The van der Waals surface area contributed by atoms with Crippen LogP contribution in [-0.2, 0) is 19.1 Å². The summed E-state index contributed by atoms with van der Waals surface area (Å²) in [5, 5.41) is 2.73. The summed E-state index contributed by atoms with van der Waals surface area (Å²) in [4.78, 5) is 82.1. The smallest absolute Gasteiger partial charge is 0.343 e. The zero-order valence-electron chi connectivity index (χ0n) is 49.5. The van der Waals surface area contributed by atoms with E-state index in [-0.39, 0.29) is 39.7 Å². The van der Waals surface area contributed by atoms with Crippen LogP contribution in [-0.4, -0.2) is 73.8 Å². The lowest BCUT2D eigenvalue weighted by molar-refractivity contribution is -0.143. The number of carbonyl (C=O) groups is 6. The Bertz CT molecular complexity index is 3630. The molecule has 7 aromatic carbocycles. The van der Waals surface area contributed by atoms with Gasteiger partial charge in [-0.25, -0.2) is 29.0 Å². The van der Waals surface area contributed by atoms with Gasteiger partial charge in [0.2, 0.25) is 0 Å². The Morgan fingerprint density at radius 2 is 0.773 bits per heavy atom. The van der Waals surface area contributed by atoms with Crippen LogP contribution in [0.2, 0.25) is 0 Å². The highest BCUT2D eigenvalue weighted by molar-refractivity contribution is 7.99. The number of benzene rings is 7. The normalized spacial score (nSPS) is 10.9. The summed E-state index contributed by atoms with van der Waals surface area (Å²) in [6.07, 6.45) is 12.9. The molecule has 0 aliphatic heterocycles. The largest absolute Gasteiger partial charge is 0.494 e. The SMILES string of the molecule is C=CC(=O)OCCCCCCOc1ccc(OC(=O)c2ccc(OC(=O)c3ccc4c(c3)nc(Sc3ccc(OCCCCCC)cc3)c3cc(C(=O)Oc5ccc(C(=O)Oc6ccc(OCCCCCCOC(=O)CC)cc6)cc5)ccc34)cc2)cc1. The molecule has 16 nitrogen and oxygen atoms in total. The van der Waals surface area contributed by atoms with E-state index in [0.717, 1.165) is 105 Å². The molecule has 0 bridgehead atoms. The molecule has 88 heavy (non-hydrogen) atoms. The van der Waals surface area contributed by atoms with Crippen molar-refractivity contribution in [1.82, 2.24) is 4.98 Å². The third kappa shape index (κ3) is 20.1. The predicted octanol–water partition coefficient (Wildman–Crippen LogP) is 15.9. The molecule has 8 aromatic rings. The van der Waals surface area contributed by atoms with Gasteiger partial charge in [0.1, 0.15) is 45.3 Å². The Hall–Kier alpha value is -9.48. The molecule has 0 unspecified atom stereocenters. The molecule has 1 heterocycles. The lowest BCUT2D eigenvalue weighted by Gasteiger charge is -2.13. The average Bonchev–Trinajstić information content (AvgIpc) is 2.49. The van der Waals surface area contributed by atoms with Crippen molar-refractivity contribution in [3.63, 3.8) is 0 Å². The van der Waals surface area contributed by atoms with Gasteiger partial charge in [0, 0.05) is 28.2 Å². The van der Waals surface area contributed by atoms with Crippen LogP contribution >= 0.6 is 11.8 Å². The molecule has 0 saturated carbocycles. The van der Waals surface area contributed by atoms with Crippen LogP contribution in [0, 0.1) is 0 Å². The van der Waals surface area contributed by atoms with E-state index in [1.54, 1.807) is 85.8 Å². The first-order valence-electron chi connectivity index (χ1n) is 29.7. The van der Waals surface area contributed by atoms with Gasteiger partial charge in [0.05, 0.1) is 60.8 Å². The number of pyridine rings is 1. The minimum Gasteiger partial charge on any atom is -0.494 e. The van der Waals surface area contributed by atoms with Gasteiger partial charge < -0.3 is 42.6 Å². The number of carbonyl (C=O) groups excluding carboxylic acids is 6. The Labute approximate surface area is 516 Å². The molecule has 0 radical (unpaired) electrons. The zero-order valence-corrected chi connectivity index (χ0v) is 50.3. The topological polar surface area (TPSA) is 198 Å². The second-order valence-electron chi connectivity index (χ2n) is 20.4. The lowest BCUT2D eigenvalue weighted by Crippen LogP contribution is -2.11. The Morgan fingerprint density at radius 3 is 1.23 bits per heavy atom. The molecule has 0 aliphatic carbocycles. The molecule has 0 atom stereocenters. The molecule has 456 valence electrons. The van der Waals surface area contributed by atoms with E-state index in [0.29, 0.717) is 78.4 Å². The summed E-state index contributed by atoms with van der Waals surface area (Å²) in [6.45, 7) is 9.79. The fraction of sp³-hybridized carbons (Fsp3) is 0.282. The Balaban J connectivity index is 0.881. The minimum atomic E-state index is -0.642. The van der Waals surface area contributed by atoms with Gasteiger partial charge in [0.25, 0.3) is 0 Å². The van der Waals surface area contributed by atoms with Crippen LogP contribution in [0.25, 0.3) is 21.7 Å². The summed E-state index contributed by atoms with van der Waals surface area (Å²) < 4.78 is 50.5. The molecular weight excluding hydrogens is 1140 g/mol. The standard InChI is InChI=1S/C71H71NO15S/c1-4-7-8-13-42-81-55-36-38-60(39-37-55)88-67-63-47-51(70(77)86-56-24-18-49(19-25-56)68(75)84-58-32-28-53(29-33-58)79-43-14-9-11-16-45-82-65(73)5-2)22-40-61(63)62-41-23-52(48-64(62)72-67)71(78)87-57-26-20-50(21-27-57)69(76)85-59-34-30-54(31-35-59)80-44-15-10-12-17-46-83-66(74)6-3/h6,18-41,47-48H,3-5,7-17,42-46H2,1-2H3. The van der Waals surface area contributed by atoms with Gasteiger partial charge >= 0.3 is 35.8 Å². The third-order valence-electron chi connectivity index (χ3n) is 13.8. The van der Waals surface area contributed by atoms with E-state index in [4.69, 9.17) is 47.6 Å². The van der Waals surface area contributed by atoms with Crippen molar-refractivity contribution < 1.29 is 71.4 Å². The fourth-order valence-electron chi connectivity index (χ4n) is 8.95. The summed E-state index contributed by atoms with van der Waals surface area (Å²) in [5.41, 5.74) is 1.50. The van der Waals surface area contributed by atoms with Crippen molar-refractivity contribution in [3.8, 4) is 40.2 Å². The first-order chi connectivity index (χ1) is 42.9. The van der Waals surface area contributed by atoms with Crippen molar-refractivity contribution in [1.29, 1.82) is 0 Å². The summed E-state index contributed by atoms with van der Waals surface area (Å²) in [7, 11) is 0. The number of hydrogen-bond donors (Lipinski definition) is 0. The third-order valence-corrected chi connectivity index (χ3v) is 14.8. The van der Waals surface area contributed by atoms with Crippen molar-refractivity contribution in [3.05, 3.63) is 193 Å². The van der Waals surface area contributed by atoms with Crippen molar-refractivity contribution in [2.75, 3.05) is 33.0 Å². The second-order valence-corrected chi connectivity index (χ2v) is 21.5. The highest BCUT2D eigenvalue weighted by Crippen LogP contribution is 2.38. The van der Waals surface area contributed by atoms with E-state index in [1.165, 1.54) is 60.3 Å². The fourth-order valence-corrected chi connectivity index (χ4v) is 9.87. The molecule has 0 amide bonds. The maximum Gasteiger partial charge on any atom is 0.343 e. The second kappa shape index (κ2) is 34.0. The van der Waals surface area contributed by atoms with Gasteiger partial charge in [-0.3, -0.25) is 4.79 Å². The van der Waals surface area contributed by atoms with Crippen molar-refractivity contribution >= 4 is 69.3 Å². The Morgan fingerprint density at radius 1 is 0.398 bits per heavy atom. The Kier molecular flexibility index (Phi) is 24.9. The number of aromatic nitrogens is 1. The molecule has 17 heteroatoms. The maximum absolute atomic E-state index is 13.8. The van der Waals surface area contributed by atoms with E-state index in [1.807, 2.05) is 30.3 Å². The molecule has 0 aliphatic rings. The average molecular weight is 1210 g/mol. The van der Waals surface area contributed by atoms with Crippen LogP contribution in [0.1, 0.15) is 139 Å². The number of hydrogen-bond acceptors (Lipinski definition) is 17. The first kappa shape index (κ1) is 64.5. The van der Waals surface area contributed by atoms with Crippen LogP contribution < -0.4 is 33.2 Å². The highest BCUT2D eigenvalue weighted by Gasteiger charge is 2.19. The number of rotatable bonds is 34. The van der Waals surface area contributed by atoms with Crippen LogP contribution in [0.5, 0.6) is 40.2 Å². The van der Waals surface area contributed by atoms with Gasteiger partial charge in [-0.2, -0.15) is 0 Å². The molecular formula is C71H71NO15S. The lowest BCUT2D eigenvalue weighted by atomic mass is 10.0. The monoisotopic (exact) mass is 1210 g/mol. The molecule has 0 spiro atoms. The van der Waals surface area contributed by atoms with Crippen LogP contribution in [0.15, 0.2) is 180 Å². The molecule has 0 saturated heterocycles. The highest BCUT2D eigenvalue weighted by atomic mass is 32.2. The summed E-state index contributed by atoms with van der Waals surface area (Å²) in [5.74, 6) is 0.0626. The minimum absolute atomic E-state index is 0.184. The number of nitrogens with zero attached hydrogens (tertiary/aromatic N) is 1.